The summed E-state index contributed by atoms with van der Waals surface area (Å²) in [7, 11) is 1.57. The first-order valence-electron chi connectivity index (χ1n) is 4.70. The van der Waals surface area contributed by atoms with Crippen LogP contribution in [0.3, 0.4) is 0 Å². The highest BCUT2D eigenvalue weighted by Crippen LogP contribution is 2.23. The summed E-state index contributed by atoms with van der Waals surface area (Å²) >= 11 is 4.18. The third kappa shape index (κ3) is 4.41. The Morgan fingerprint density at radius 1 is 1.71 bits per heavy atom. The lowest BCUT2D eigenvalue weighted by molar-refractivity contribution is -0.380. The van der Waals surface area contributed by atoms with Gasteiger partial charge in [-0.1, -0.05) is 27.3 Å². The lowest BCUT2D eigenvalue weighted by atomic mass is 10.4. The van der Waals surface area contributed by atoms with E-state index in [0.29, 0.717) is 18.0 Å². The van der Waals surface area contributed by atoms with Gasteiger partial charge < -0.3 is 10.1 Å². The van der Waals surface area contributed by atoms with Crippen molar-refractivity contribution in [2.75, 3.05) is 20.3 Å². The van der Waals surface area contributed by atoms with Crippen LogP contribution in [0.15, 0.2) is 12.1 Å². The van der Waals surface area contributed by atoms with Gasteiger partial charge in [0.2, 0.25) is 0 Å². The van der Waals surface area contributed by atoms with Gasteiger partial charge in [0, 0.05) is 19.7 Å². The molecule has 1 aromatic rings. The van der Waals surface area contributed by atoms with E-state index < -0.39 is 4.92 Å². The van der Waals surface area contributed by atoms with Gasteiger partial charge in [-0.3, -0.25) is 14.9 Å². The normalized spacial score (nSPS) is 12.1. The fourth-order valence-electron chi connectivity index (χ4n) is 1.08. The molecule has 0 aliphatic carbocycles. The van der Waals surface area contributed by atoms with Crippen molar-refractivity contribution in [1.82, 2.24) is 5.32 Å². The molecule has 0 aliphatic rings. The van der Waals surface area contributed by atoms with E-state index in [1.54, 1.807) is 7.11 Å². The molecule has 1 amide bonds. The number of alkyl halides is 1. The van der Waals surface area contributed by atoms with Gasteiger partial charge in [-0.2, -0.15) is 0 Å². The third-order valence-electron chi connectivity index (χ3n) is 1.83. The highest BCUT2D eigenvalue weighted by Gasteiger charge is 2.15. The minimum atomic E-state index is -0.514. The van der Waals surface area contributed by atoms with E-state index in [1.807, 2.05) is 0 Å². The Morgan fingerprint density at radius 3 is 2.94 bits per heavy atom. The zero-order valence-corrected chi connectivity index (χ0v) is 11.4. The lowest BCUT2D eigenvalue weighted by Crippen LogP contribution is -2.30. The number of hydrogen-bond donors (Lipinski definition) is 1. The highest BCUT2D eigenvalue weighted by atomic mass is 79.9. The average molecular weight is 323 g/mol. The molecular weight excluding hydrogens is 312 g/mol. The number of methoxy groups -OCH3 is 1. The van der Waals surface area contributed by atoms with Crippen molar-refractivity contribution in [3.05, 3.63) is 27.1 Å². The molecule has 8 heteroatoms. The van der Waals surface area contributed by atoms with Crippen LogP contribution in [-0.4, -0.2) is 35.9 Å². The summed E-state index contributed by atoms with van der Waals surface area (Å²) in [6.45, 7) is 0.878. The fourth-order valence-corrected chi connectivity index (χ4v) is 2.24. The maximum Gasteiger partial charge on any atom is 0.324 e. The number of ether oxygens (including phenoxy) is 1. The quantitative estimate of drug-likeness (QED) is 0.492. The Hall–Kier alpha value is -0.990. The molecule has 17 heavy (non-hydrogen) atoms. The predicted molar refractivity (Wildman–Crippen MR) is 67.9 cm³/mol. The molecular formula is C9H11BrN2O4S. The highest BCUT2D eigenvalue weighted by molar-refractivity contribution is 9.09. The van der Waals surface area contributed by atoms with Gasteiger partial charge in [0.25, 0.3) is 5.91 Å². The number of nitrogens with zero attached hydrogens (tertiary/aromatic N) is 1. The van der Waals surface area contributed by atoms with Gasteiger partial charge in [-0.05, 0) is 6.07 Å². The number of nitrogens with one attached hydrogen (secondary N) is 1. The van der Waals surface area contributed by atoms with E-state index in [0.717, 1.165) is 11.3 Å². The smallest absolute Gasteiger partial charge is 0.324 e. The van der Waals surface area contributed by atoms with Crippen molar-refractivity contribution in [3.63, 3.8) is 0 Å². The van der Waals surface area contributed by atoms with Crippen LogP contribution in [0, 0.1) is 10.1 Å². The van der Waals surface area contributed by atoms with Crippen LogP contribution in [0.2, 0.25) is 0 Å². The number of thiophene rings is 1. The predicted octanol–water partition coefficient (Wildman–Crippen LogP) is 1.80. The summed E-state index contributed by atoms with van der Waals surface area (Å²) in [5.74, 6) is -0.316. The van der Waals surface area contributed by atoms with Crippen LogP contribution < -0.4 is 5.32 Å². The van der Waals surface area contributed by atoms with Crippen molar-refractivity contribution >= 4 is 38.2 Å². The Labute approximate surface area is 110 Å². The van der Waals surface area contributed by atoms with Crippen molar-refractivity contribution in [2.45, 2.75) is 4.83 Å². The van der Waals surface area contributed by atoms with Gasteiger partial charge >= 0.3 is 5.00 Å². The van der Waals surface area contributed by atoms with Crippen LogP contribution in [0.1, 0.15) is 9.67 Å². The Balaban J connectivity index is 2.49. The number of halogens is 1. The number of nitro groups is 1. The summed E-state index contributed by atoms with van der Waals surface area (Å²) < 4.78 is 4.89. The van der Waals surface area contributed by atoms with Gasteiger partial charge in [0.1, 0.15) is 0 Å². The molecule has 1 atom stereocenters. The zero-order chi connectivity index (χ0) is 12.8. The molecule has 1 rings (SSSR count). The topological polar surface area (TPSA) is 81.5 Å². The molecule has 1 N–H and O–H groups in total. The van der Waals surface area contributed by atoms with Crippen LogP contribution >= 0.6 is 27.3 Å². The molecule has 94 valence electrons. The second kappa shape index (κ2) is 6.67. The molecule has 1 heterocycles. The largest absolute Gasteiger partial charge is 0.383 e. The van der Waals surface area contributed by atoms with Crippen molar-refractivity contribution < 1.29 is 14.5 Å². The van der Waals surface area contributed by atoms with Crippen molar-refractivity contribution in [3.8, 4) is 0 Å². The van der Waals surface area contributed by atoms with E-state index in [-0.39, 0.29) is 15.7 Å². The van der Waals surface area contributed by atoms with Crippen molar-refractivity contribution in [1.29, 1.82) is 0 Å². The lowest BCUT2D eigenvalue weighted by Gasteiger charge is -2.08. The second-order valence-electron chi connectivity index (χ2n) is 3.16. The van der Waals surface area contributed by atoms with Gasteiger partial charge in [-0.15, -0.1) is 0 Å². The molecule has 0 radical (unpaired) electrons. The maximum atomic E-state index is 11.6. The molecule has 1 aromatic heterocycles. The minimum absolute atomic E-state index is 0.0198. The van der Waals surface area contributed by atoms with Crippen LogP contribution in [-0.2, 0) is 4.74 Å². The molecule has 0 saturated carbocycles. The summed E-state index contributed by atoms with van der Waals surface area (Å²) in [5, 5.41) is 13.1. The molecule has 1 unspecified atom stereocenters. The third-order valence-corrected chi connectivity index (χ3v) is 3.45. The fraction of sp³-hybridized carbons (Fsp3) is 0.444. The minimum Gasteiger partial charge on any atom is -0.383 e. The number of carbonyl (C=O) groups is 1. The van der Waals surface area contributed by atoms with E-state index in [9.17, 15) is 14.9 Å². The van der Waals surface area contributed by atoms with E-state index in [4.69, 9.17) is 4.74 Å². The Bertz CT molecular complexity index is 409. The number of rotatable bonds is 6. The first-order chi connectivity index (χ1) is 8.04. The molecule has 0 aliphatic heterocycles. The van der Waals surface area contributed by atoms with E-state index >= 15 is 0 Å². The number of hydrogen-bond acceptors (Lipinski definition) is 5. The zero-order valence-electron chi connectivity index (χ0n) is 9.01. The molecule has 6 nitrogen and oxygen atoms in total. The molecule has 0 fully saturated rings. The first-order valence-corrected chi connectivity index (χ1v) is 6.43. The molecule has 0 spiro atoms. The van der Waals surface area contributed by atoms with Gasteiger partial charge in [-0.25, -0.2) is 0 Å². The van der Waals surface area contributed by atoms with Crippen LogP contribution in [0.4, 0.5) is 5.00 Å². The number of carbonyl (C=O) groups excluding carboxylic acids is 1. The molecule has 0 aromatic carbocycles. The monoisotopic (exact) mass is 322 g/mol. The van der Waals surface area contributed by atoms with Crippen LogP contribution in [0.25, 0.3) is 0 Å². The van der Waals surface area contributed by atoms with Crippen LogP contribution in [0.5, 0.6) is 0 Å². The SMILES string of the molecule is COCC(Br)CNC(=O)c1ccc([N+](=O)[O-])s1. The first kappa shape index (κ1) is 14.1. The van der Waals surface area contributed by atoms with E-state index in [1.165, 1.54) is 12.1 Å². The van der Waals surface area contributed by atoms with E-state index in [2.05, 4.69) is 21.2 Å². The molecule has 0 bridgehead atoms. The Morgan fingerprint density at radius 2 is 2.41 bits per heavy atom. The summed E-state index contributed by atoms with van der Waals surface area (Å²) in [5.41, 5.74) is 0. The summed E-state index contributed by atoms with van der Waals surface area (Å²) in [6.07, 6.45) is 0. The summed E-state index contributed by atoms with van der Waals surface area (Å²) in [6, 6.07) is 2.76. The number of amides is 1. The summed E-state index contributed by atoms with van der Waals surface area (Å²) in [4.78, 5) is 21.9. The second-order valence-corrected chi connectivity index (χ2v) is 5.51. The average Bonchev–Trinajstić information content (AvgIpc) is 2.75. The standard InChI is InChI=1S/C9H11BrN2O4S/c1-16-5-6(10)4-11-9(13)7-2-3-8(17-7)12(14)15/h2-3,6H,4-5H2,1H3,(H,11,13). The van der Waals surface area contributed by atoms with Gasteiger partial charge in [0.15, 0.2) is 0 Å². The van der Waals surface area contributed by atoms with Gasteiger partial charge in [0.05, 0.1) is 21.2 Å². The van der Waals surface area contributed by atoms with Crippen molar-refractivity contribution in [2.24, 2.45) is 0 Å². The maximum absolute atomic E-state index is 11.6. The Kier molecular flexibility index (Phi) is 5.52. The molecule has 0 saturated heterocycles.